The molecule has 2 aromatic heterocycles. The summed E-state index contributed by atoms with van der Waals surface area (Å²) in [6.45, 7) is -0.322. The van der Waals surface area contributed by atoms with E-state index in [0.29, 0.717) is 33.2 Å². The molecule has 0 aliphatic rings. The van der Waals surface area contributed by atoms with Crippen molar-refractivity contribution in [3.05, 3.63) is 83.9 Å². The summed E-state index contributed by atoms with van der Waals surface area (Å²) in [5, 5.41) is 59.4. The van der Waals surface area contributed by atoms with Gasteiger partial charge in [0.05, 0.1) is 10.8 Å². The molecule has 0 radical (unpaired) electrons. The molecule has 4 aromatic carbocycles. The molecule has 0 atom stereocenters. The van der Waals surface area contributed by atoms with Gasteiger partial charge in [-0.15, -0.1) is 30.0 Å². The average Bonchev–Trinajstić information content (AvgIpc) is 3.57. The number of hydrogen-bond acceptors (Lipinski definition) is 9. The van der Waals surface area contributed by atoms with Crippen LogP contribution in [0.3, 0.4) is 0 Å². The Bertz CT molecular complexity index is 1700. The summed E-state index contributed by atoms with van der Waals surface area (Å²) in [7, 11) is -2.19. The van der Waals surface area contributed by atoms with E-state index in [0.717, 1.165) is 0 Å². The molecule has 12 heteroatoms. The minimum atomic E-state index is -2.19. The molecule has 0 spiro atoms. The zero-order valence-electron chi connectivity index (χ0n) is 21.0. The van der Waals surface area contributed by atoms with Crippen LogP contribution in [0.4, 0.5) is 0 Å². The lowest BCUT2D eigenvalue weighted by Crippen LogP contribution is -2.11. The van der Waals surface area contributed by atoms with E-state index in [2.05, 4.69) is 20.4 Å². The van der Waals surface area contributed by atoms with Crippen molar-refractivity contribution in [1.82, 2.24) is 30.0 Å². The molecule has 0 saturated heterocycles. The number of aliphatic hydroxyl groups is 2. The van der Waals surface area contributed by atoms with Crippen molar-refractivity contribution >= 4 is 32.9 Å². The molecule has 4 N–H and O–H groups in total. The number of aliphatic hydroxyl groups excluding tert-OH is 2. The summed E-state index contributed by atoms with van der Waals surface area (Å²) in [6.07, 6.45) is 0.481. The SMILES string of the molecule is O=S(c1c(O)cc(CCO)cc1-n1nc2ccccc2n1)c1c(O)cc(CCO)cc1-n1nc2ccccc2n1. The molecule has 2 heterocycles. The average molecular weight is 557 g/mol. The highest BCUT2D eigenvalue weighted by Gasteiger charge is 2.27. The third-order valence-corrected chi connectivity index (χ3v) is 7.97. The Labute approximate surface area is 230 Å². The highest BCUT2D eigenvalue weighted by atomic mass is 32.2. The van der Waals surface area contributed by atoms with Gasteiger partial charge >= 0.3 is 0 Å². The van der Waals surface area contributed by atoms with E-state index in [1.807, 2.05) is 24.3 Å². The highest BCUT2D eigenvalue weighted by Crippen LogP contribution is 2.39. The summed E-state index contributed by atoms with van der Waals surface area (Å²) >= 11 is 0. The predicted molar refractivity (Wildman–Crippen MR) is 147 cm³/mol. The lowest BCUT2D eigenvalue weighted by atomic mass is 10.1. The number of phenolic OH excluding ortho intramolecular Hbond substituents is 2. The fourth-order valence-corrected chi connectivity index (χ4v) is 5.93. The van der Waals surface area contributed by atoms with Crippen molar-refractivity contribution in [2.45, 2.75) is 22.6 Å². The first kappa shape index (κ1) is 25.6. The van der Waals surface area contributed by atoms with Crippen molar-refractivity contribution in [1.29, 1.82) is 0 Å². The van der Waals surface area contributed by atoms with Crippen LogP contribution in [0.15, 0.2) is 82.6 Å². The van der Waals surface area contributed by atoms with Gasteiger partial charge in [-0.25, -0.2) is 4.21 Å². The number of aromatic hydroxyl groups is 2. The molecule has 6 aromatic rings. The molecule has 0 aliphatic heterocycles. The molecule has 0 fully saturated rings. The Hall–Kier alpha value is -4.65. The molecule has 0 unspecified atom stereocenters. The maximum atomic E-state index is 14.4. The van der Waals surface area contributed by atoms with E-state index in [4.69, 9.17) is 0 Å². The monoisotopic (exact) mass is 556 g/mol. The topological polar surface area (TPSA) is 159 Å². The van der Waals surface area contributed by atoms with E-state index in [-0.39, 0.29) is 58.7 Å². The van der Waals surface area contributed by atoms with Crippen molar-refractivity contribution in [3.63, 3.8) is 0 Å². The van der Waals surface area contributed by atoms with Gasteiger partial charge in [-0.2, -0.15) is 0 Å². The highest BCUT2D eigenvalue weighted by molar-refractivity contribution is 7.85. The van der Waals surface area contributed by atoms with Gasteiger partial charge < -0.3 is 20.4 Å². The molecule has 202 valence electrons. The number of fused-ring (bicyclic) bond motifs is 2. The second-order valence-electron chi connectivity index (χ2n) is 9.10. The van der Waals surface area contributed by atoms with Gasteiger partial charge in [-0.05, 0) is 72.5 Å². The van der Waals surface area contributed by atoms with Crippen LogP contribution in [-0.2, 0) is 23.6 Å². The number of aromatic nitrogens is 6. The smallest absolute Gasteiger partial charge is 0.134 e. The predicted octanol–water partition coefficient (Wildman–Crippen LogP) is 2.80. The summed E-state index contributed by atoms with van der Waals surface area (Å²) < 4.78 is 14.4. The van der Waals surface area contributed by atoms with Crippen LogP contribution in [0.25, 0.3) is 33.4 Å². The fourth-order valence-electron chi connectivity index (χ4n) is 4.57. The minimum absolute atomic E-state index is 0.0369. The van der Waals surface area contributed by atoms with E-state index in [9.17, 15) is 24.6 Å². The first-order valence-electron chi connectivity index (χ1n) is 12.5. The van der Waals surface area contributed by atoms with Crippen LogP contribution in [0.1, 0.15) is 11.1 Å². The Morgan fingerprint density at radius 2 is 0.950 bits per heavy atom. The van der Waals surface area contributed by atoms with Crippen LogP contribution in [0.2, 0.25) is 0 Å². The number of phenols is 2. The lowest BCUT2D eigenvalue weighted by molar-refractivity contribution is 0.299. The van der Waals surface area contributed by atoms with E-state index < -0.39 is 10.8 Å². The summed E-state index contributed by atoms with van der Waals surface area (Å²) in [4.78, 5) is 2.50. The van der Waals surface area contributed by atoms with Gasteiger partial charge in [-0.1, -0.05) is 24.3 Å². The van der Waals surface area contributed by atoms with E-state index >= 15 is 0 Å². The van der Waals surface area contributed by atoms with Crippen molar-refractivity contribution in [2.75, 3.05) is 13.2 Å². The summed E-state index contributed by atoms with van der Waals surface area (Å²) in [6, 6.07) is 20.6. The number of hydrogen-bond donors (Lipinski definition) is 4. The lowest BCUT2D eigenvalue weighted by Gasteiger charge is -2.16. The van der Waals surface area contributed by atoms with Gasteiger partial charge in [0.15, 0.2) is 0 Å². The Morgan fingerprint density at radius 1 is 0.600 bits per heavy atom. The summed E-state index contributed by atoms with van der Waals surface area (Å²) in [5.41, 5.74) is 3.99. The van der Waals surface area contributed by atoms with Crippen LogP contribution in [0, 0.1) is 0 Å². The second kappa shape index (κ2) is 10.5. The normalized spacial score (nSPS) is 11.7. The fraction of sp³-hybridized carbons (Fsp3) is 0.143. The number of rotatable bonds is 8. The standard InChI is InChI=1S/C28H24N6O5S/c35-11-9-17-13-23(33-29-19-5-1-2-6-20(19)30-33)27(25(37)15-17)40(39)28-24(14-18(10-12-36)16-26(28)38)34-31-21-7-3-4-8-22(21)32-34/h1-8,13-16,35-38H,9-12H2. The largest absolute Gasteiger partial charge is 0.507 e. The van der Waals surface area contributed by atoms with Crippen molar-refractivity contribution in [2.24, 2.45) is 0 Å². The second-order valence-corrected chi connectivity index (χ2v) is 10.5. The molecule has 40 heavy (non-hydrogen) atoms. The van der Waals surface area contributed by atoms with Crippen LogP contribution in [0.5, 0.6) is 11.5 Å². The quantitative estimate of drug-likeness (QED) is 0.221. The van der Waals surface area contributed by atoms with Gasteiger partial charge in [0, 0.05) is 13.2 Å². The Kier molecular flexibility index (Phi) is 6.72. The Morgan fingerprint density at radius 3 is 1.27 bits per heavy atom. The van der Waals surface area contributed by atoms with Crippen LogP contribution < -0.4 is 0 Å². The molecular formula is C28H24N6O5S. The van der Waals surface area contributed by atoms with Crippen molar-refractivity contribution in [3.8, 4) is 22.9 Å². The van der Waals surface area contributed by atoms with Crippen molar-refractivity contribution < 1.29 is 24.6 Å². The zero-order chi connectivity index (χ0) is 27.8. The molecule has 11 nitrogen and oxygen atoms in total. The van der Waals surface area contributed by atoms with Gasteiger partial charge in [0.2, 0.25) is 0 Å². The van der Waals surface area contributed by atoms with Gasteiger partial charge in [-0.3, -0.25) is 0 Å². The van der Waals surface area contributed by atoms with E-state index in [1.165, 1.54) is 21.7 Å². The van der Waals surface area contributed by atoms with Crippen LogP contribution in [-0.4, -0.2) is 67.8 Å². The molecule has 0 saturated carbocycles. The number of nitrogens with zero attached hydrogens (tertiary/aromatic N) is 6. The molecule has 6 rings (SSSR count). The third kappa shape index (κ3) is 4.57. The molecular weight excluding hydrogens is 532 g/mol. The van der Waals surface area contributed by atoms with E-state index in [1.54, 1.807) is 36.4 Å². The van der Waals surface area contributed by atoms with Crippen LogP contribution >= 0.6 is 0 Å². The van der Waals surface area contributed by atoms with Gasteiger partial charge in [0.1, 0.15) is 54.7 Å². The maximum Gasteiger partial charge on any atom is 0.134 e. The minimum Gasteiger partial charge on any atom is -0.507 e. The Balaban J connectivity index is 1.59. The molecule has 0 bridgehead atoms. The molecule has 0 amide bonds. The first-order chi connectivity index (χ1) is 19.5. The zero-order valence-corrected chi connectivity index (χ0v) is 21.9. The molecule has 0 aliphatic carbocycles. The maximum absolute atomic E-state index is 14.4. The first-order valence-corrected chi connectivity index (χ1v) is 13.6. The summed E-state index contributed by atoms with van der Waals surface area (Å²) in [5.74, 6) is -0.631. The van der Waals surface area contributed by atoms with Gasteiger partial charge in [0.25, 0.3) is 0 Å². The number of benzene rings is 4. The third-order valence-electron chi connectivity index (χ3n) is 6.39.